The molecular formula is C15H24N2O3S. The van der Waals surface area contributed by atoms with Crippen LogP contribution in [-0.4, -0.2) is 52.1 Å². The van der Waals surface area contributed by atoms with Crippen LogP contribution in [0, 0.1) is 0 Å². The molecule has 0 aromatic heterocycles. The van der Waals surface area contributed by atoms with Gasteiger partial charge in [0.05, 0.1) is 17.5 Å². The summed E-state index contributed by atoms with van der Waals surface area (Å²) in [4.78, 5) is 0.351. The van der Waals surface area contributed by atoms with Crippen molar-refractivity contribution in [1.29, 1.82) is 0 Å². The molecule has 1 aliphatic heterocycles. The zero-order valence-corrected chi connectivity index (χ0v) is 13.5. The molecule has 21 heavy (non-hydrogen) atoms. The van der Waals surface area contributed by atoms with Gasteiger partial charge in [0.25, 0.3) is 0 Å². The molecule has 1 heterocycles. The maximum Gasteiger partial charge on any atom is 0.243 e. The Morgan fingerprint density at radius 1 is 1.33 bits per heavy atom. The second kappa shape index (κ2) is 7.35. The van der Waals surface area contributed by atoms with Gasteiger partial charge in [0.2, 0.25) is 10.0 Å². The normalized spacial score (nSPS) is 19.3. The van der Waals surface area contributed by atoms with Gasteiger partial charge >= 0.3 is 0 Å². The topological polar surface area (TPSA) is 58.6 Å². The summed E-state index contributed by atoms with van der Waals surface area (Å²) in [6.45, 7) is 5.03. The number of rotatable bonds is 7. The molecule has 0 amide bonds. The minimum Gasteiger partial charge on any atom is -0.380 e. The summed E-state index contributed by atoms with van der Waals surface area (Å²) < 4.78 is 31.8. The molecule has 0 saturated carbocycles. The van der Waals surface area contributed by atoms with Crippen LogP contribution in [0.5, 0.6) is 0 Å². The van der Waals surface area contributed by atoms with E-state index in [4.69, 9.17) is 4.74 Å². The van der Waals surface area contributed by atoms with Gasteiger partial charge in [0.15, 0.2) is 0 Å². The van der Waals surface area contributed by atoms with Crippen molar-refractivity contribution in [3.63, 3.8) is 0 Å². The summed E-state index contributed by atoms with van der Waals surface area (Å²) in [7, 11) is -1.79. The van der Waals surface area contributed by atoms with Gasteiger partial charge in [-0.15, -0.1) is 0 Å². The Bertz CT molecular complexity index is 537. The van der Waals surface area contributed by atoms with Gasteiger partial charge < -0.3 is 10.1 Å². The molecule has 0 bridgehead atoms. The SMILES string of the molecule is CCNCCc1ccc(S(=O)(=O)N(C)C2CCOC2)cc1. The van der Waals surface area contributed by atoms with E-state index >= 15 is 0 Å². The molecule has 1 unspecified atom stereocenters. The largest absolute Gasteiger partial charge is 0.380 e. The number of sulfonamides is 1. The van der Waals surface area contributed by atoms with Crippen molar-refractivity contribution < 1.29 is 13.2 Å². The Labute approximate surface area is 127 Å². The molecular weight excluding hydrogens is 288 g/mol. The predicted molar refractivity (Wildman–Crippen MR) is 82.9 cm³/mol. The molecule has 1 saturated heterocycles. The highest BCUT2D eigenvalue weighted by Crippen LogP contribution is 2.21. The smallest absolute Gasteiger partial charge is 0.243 e. The van der Waals surface area contributed by atoms with E-state index in [0.29, 0.717) is 18.1 Å². The quantitative estimate of drug-likeness (QED) is 0.770. The summed E-state index contributed by atoms with van der Waals surface area (Å²) in [5.41, 5.74) is 1.14. The van der Waals surface area contributed by atoms with Crippen LogP contribution in [0.2, 0.25) is 0 Å². The fraction of sp³-hybridized carbons (Fsp3) is 0.600. The summed E-state index contributed by atoms with van der Waals surface area (Å²) in [6.07, 6.45) is 1.66. The number of hydrogen-bond donors (Lipinski definition) is 1. The average molecular weight is 312 g/mol. The van der Waals surface area contributed by atoms with Gasteiger partial charge in [-0.05, 0) is 43.6 Å². The summed E-state index contributed by atoms with van der Waals surface area (Å²) in [5.74, 6) is 0. The summed E-state index contributed by atoms with van der Waals surface area (Å²) in [5, 5.41) is 3.26. The fourth-order valence-electron chi connectivity index (χ4n) is 2.41. The van der Waals surface area contributed by atoms with Crippen molar-refractivity contribution in [1.82, 2.24) is 9.62 Å². The van der Waals surface area contributed by atoms with E-state index in [1.807, 2.05) is 12.1 Å². The van der Waals surface area contributed by atoms with Crippen LogP contribution in [0.1, 0.15) is 18.9 Å². The third-order valence-corrected chi connectivity index (χ3v) is 5.78. The number of ether oxygens (including phenoxy) is 1. The fourth-order valence-corrected chi connectivity index (χ4v) is 3.78. The number of nitrogens with one attached hydrogen (secondary N) is 1. The van der Waals surface area contributed by atoms with Gasteiger partial charge in [-0.25, -0.2) is 8.42 Å². The van der Waals surface area contributed by atoms with Crippen LogP contribution in [0.15, 0.2) is 29.2 Å². The second-order valence-corrected chi connectivity index (χ2v) is 7.28. The number of hydrogen-bond acceptors (Lipinski definition) is 4. The first kappa shape index (κ1) is 16.4. The molecule has 1 fully saturated rings. The molecule has 0 radical (unpaired) electrons. The summed E-state index contributed by atoms with van der Waals surface area (Å²) in [6, 6.07) is 7.13. The van der Waals surface area contributed by atoms with E-state index in [9.17, 15) is 8.42 Å². The van der Waals surface area contributed by atoms with E-state index in [1.165, 1.54) is 4.31 Å². The molecule has 118 valence electrons. The zero-order valence-electron chi connectivity index (χ0n) is 12.7. The molecule has 2 rings (SSSR count). The molecule has 1 aromatic rings. The van der Waals surface area contributed by atoms with Crippen LogP contribution < -0.4 is 5.32 Å². The Hall–Kier alpha value is -0.950. The van der Waals surface area contributed by atoms with E-state index < -0.39 is 10.0 Å². The van der Waals surface area contributed by atoms with Crippen molar-refractivity contribution in [2.45, 2.75) is 30.7 Å². The lowest BCUT2D eigenvalue weighted by molar-refractivity contribution is 0.181. The third kappa shape index (κ3) is 4.03. The predicted octanol–water partition coefficient (Wildman–Crippen LogP) is 1.25. The standard InChI is InChI=1S/C15H24N2O3S/c1-3-16-10-8-13-4-6-15(7-5-13)21(18,19)17(2)14-9-11-20-12-14/h4-7,14,16H,3,8-12H2,1-2H3. The van der Waals surface area contributed by atoms with Crippen molar-refractivity contribution >= 4 is 10.0 Å². The van der Waals surface area contributed by atoms with Crippen molar-refractivity contribution in [3.05, 3.63) is 29.8 Å². The lowest BCUT2D eigenvalue weighted by Gasteiger charge is -2.22. The lowest BCUT2D eigenvalue weighted by atomic mass is 10.1. The third-order valence-electron chi connectivity index (χ3n) is 3.86. The number of likely N-dealkylation sites (N-methyl/N-ethyl adjacent to an activating group) is 2. The van der Waals surface area contributed by atoms with E-state index in [0.717, 1.165) is 31.5 Å². The first-order valence-corrected chi connectivity index (χ1v) is 8.85. The minimum atomic E-state index is -3.43. The second-order valence-electron chi connectivity index (χ2n) is 5.29. The molecule has 6 heteroatoms. The molecule has 1 atom stereocenters. The van der Waals surface area contributed by atoms with Gasteiger partial charge in [-0.3, -0.25) is 0 Å². The maximum absolute atomic E-state index is 12.5. The van der Waals surface area contributed by atoms with E-state index in [-0.39, 0.29) is 6.04 Å². The van der Waals surface area contributed by atoms with E-state index in [1.54, 1.807) is 19.2 Å². The van der Waals surface area contributed by atoms with Crippen LogP contribution in [0.4, 0.5) is 0 Å². The highest BCUT2D eigenvalue weighted by Gasteiger charge is 2.30. The molecule has 1 aromatic carbocycles. The highest BCUT2D eigenvalue weighted by molar-refractivity contribution is 7.89. The lowest BCUT2D eigenvalue weighted by Crippen LogP contribution is -2.37. The van der Waals surface area contributed by atoms with Crippen molar-refractivity contribution in [3.8, 4) is 0 Å². The van der Waals surface area contributed by atoms with Crippen LogP contribution in [0.3, 0.4) is 0 Å². The van der Waals surface area contributed by atoms with Gasteiger partial charge in [-0.2, -0.15) is 4.31 Å². The van der Waals surface area contributed by atoms with Crippen molar-refractivity contribution in [2.24, 2.45) is 0 Å². The van der Waals surface area contributed by atoms with Crippen LogP contribution >= 0.6 is 0 Å². The van der Waals surface area contributed by atoms with Gasteiger partial charge in [0, 0.05) is 13.7 Å². The molecule has 0 aliphatic carbocycles. The first-order chi connectivity index (χ1) is 10.1. The van der Waals surface area contributed by atoms with Gasteiger partial charge in [0.1, 0.15) is 0 Å². The van der Waals surface area contributed by atoms with Crippen molar-refractivity contribution in [2.75, 3.05) is 33.4 Å². The monoisotopic (exact) mass is 312 g/mol. The van der Waals surface area contributed by atoms with Crippen LogP contribution in [-0.2, 0) is 21.2 Å². The van der Waals surface area contributed by atoms with E-state index in [2.05, 4.69) is 12.2 Å². The average Bonchev–Trinajstić information content (AvgIpc) is 3.01. The minimum absolute atomic E-state index is 0.0524. The molecule has 0 spiro atoms. The zero-order chi connectivity index (χ0) is 15.3. The Kier molecular flexibility index (Phi) is 5.75. The highest BCUT2D eigenvalue weighted by atomic mass is 32.2. The number of nitrogens with zero attached hydrogens (tertiary/aromatic N) is 1. The maximum atomic E-state index is 12.5. The van der Waals surface area contributed by atoms with Crippen LogP contribution in [0.25, 0.3) is 0 Å². The first-order valence-electron chi connectivity index (χ1n) is 7.41. The summed E-state index contributed by atoms with van der Waals surface area (Å²) >= 11 is 0. The number of benzene rings is 1. The van der Waals surface area contributed by atoms with Gasteiger partial charge in [-0.1, -0.05) is 19.1 Å². The Morgan fingerprint density at radius 3 is 2.62 bits per heavy atom. The molecule has 5 nitrogen and oxygen atoms in total. The molecule has 1 N–H and O–H groups in total. The molecule has 1 aliphatic rings. The Morgan fingerprint density at radius 2 is 2.05 bits per heavy atom. The Balaban J connectivity index is 2.05.